The topological polar surface area (TPSA) is 39.7 Å². The van der Waals surface area contributed by atoms with Crippen LogP contribution < -0.4 is 14.8 Å². The average Bonchev–Trinajstić information content (AvgIpc) is 2.46. The standard InChI is InChI=1S/C15H21F2NO3/c1-3-4-8-20-9-7-18-11-12-5-6-13(19-2)14(10-12)21-15(16)17/h3,5-6,10,15,18H,1,4,7-9,11H2,2H3. The van der Waals surface area contributed by atoms with E-state index in [2.05, 4.69) is 16.6 Å². The van der Waals surface area contributed by atoms with Crippen LogP contribution in [-0.4, -0.2) is 33.5 Å². The molecular formula is C15H21F2NO3. The summed E-state index contributed by atoms with van der Waals surface area (Å²) in [6, 6.07) is 4.94. The van der Waals surface area contributed by atoms with Crippen molar-refractivity contribution in [3.63, 3.8) is 0 Å². The molecule has 0 saturated heterocycles. The largest absolute Gasteiger partial charge is 0.493 e. The zero-order chi connectivity index (χ0) is 15.5. The molecule has 1 N–H and O–H groups in total. The molecule has 6 heteroatoms. The van der Waals surface area contributed by atoms with Gasteiger partial charge in [-0.25, -0.2) is 0 Å². The van der Waals surface area contributed by atoms with E-state index in [1.165, 1.54) is 13.2 Å². The van der Waals surface area contributed by atoms with E-state index < -0.39 is 6.61 Å². The van der Waals surface area contributed by atoms with Crippen molar-refractivity contribution in [2.75, 3.05) is 26.9 Å². The minimum Gasteiger partial charge on any atom is -0.493 e. The van der Waals surface area contributed by atoms with E-state index >= 15 is 0 Å². The number of halogens is 2. The van der Waals surface area contributed by atoms with Gasteiger partial charge < -0.3 is 19.5 Å². The Labute approximate surface area is 123 Å². The highest BCUT2D eigenvalue weighted by Crippen LogP contribution is 2.29. The lowest BCUT2D eigenvalue weighted by molar-refractivity contribution is -0.0512. The van der Waals surface area contributed by atoms with Gasteiger partial charge in [-0.2, -0.15) is 8.78 Å². The van der Waals surface area contributed by atoms with Crippen LogP contribution in [0.15, 0.2) is 30.9 Å². The molecule has 4 nitrogen and oxygen atoms in total. The van der Waals surface area contributed by atoms with Gasteiger partial charge in [0.2, 0.25) is 0 Å². The Morgan fingerprint density at radius 3 is 2.76 bits per heavy atom. The van der Waals surface area contributed by atoms with E-state index in [-0.39, 0.29) is 11.5 Å². The minimum absolute atomic E-state index is 0.0361. The molecule has 0 spiro atoms. The first kappa shape index (κ1) is 17.4. The molecule has 0 aliphatic rings. The van der Waals surface area contributed by atoms with Crippen LogP contribution in [0.2, 0.25) is 0 Å². The van der Waals surface area contributed by atoms with Crippen molar-refractivity contribution < 1.29 is 23.0 Å². The predicted octanol–water partition coefficient (Wildman–Crippen LogP) is 2.98. The Morgan fingerprint density at radius 1 is 1.29 bits per heavy atom. The van der Waals surface area contributed by atoms with Gasteiger partial charge in [0.1, 0.15) is 0 Å². The summed E-state index contributed by atoms with van der Waals surface area (Å²) in [4.78, 5) is 0. The molecule has 0 aromatic heterocycles. The predicted molar refractivity (Wildman–Crippen MR) is 77.0 cm³/mol. The molecule has 0 heterocycles. The van der Waals surface area contributed by atoms with Gasteiger partial charge in [-0.1, -0.05) is 12.1 Å². The fraction of sp³-hybridized carbons (Fsp3) is 0.467. The van der Waals surface area contributed by atoms with Crippen molar-refractivity contribution in [1.29, 1.82) is 0 Å². The summed E-state index contributed by atoms with van der Waals surface area (Å²) in [6.45, 7) is 3.18. The number of rotatable bonds is 11. The van der Waals surface area contributed by atoms with Gasteiger partial charge in [0, 0.05) is 13.1 Å². The Bertz CT molecular complexity index is 427. The van der Waals surface area contributed by atoms with Crippen LogP contribution >= 0.6 is 0 Å². The summed E-state index contributed by atoms with van der Waals surface area (Å²) in [7, 11) is 1.41. The van der Waals surface area contributed by atoms with Crippen molar-refractivity contribution in [1.82, 2.24) is 5.32 Å². The van der Waals surface area contributed by atoms with E-state index in [9.17, 15) is 8.78 Å². The Morgan fingerprint density at radius 2 is 2.10 bits per heavy atom. The van der Waals surface area contributed by atoms with Crippen LogP contribution in [0.5, 0.6) is 11.5 Å². The summed E-state index contributed by atoms with van der Waals surface area (Å²) in [6.07, 6.45) is 2.63. The summed E-state index contributed by atoms with van der Waals surface area (Å²) < 4.78 is 39.4. The third-order valence-electron chi connectivity index (χ3n) is 2.66. The van der Waals surface area contributed by atoms with Gasteiger partial charge in [-0.3, -0.25) is 0 Å². The van der Waals surface area contributed by atoms with Crippen LogP contribution in [0.1, 0.15) is 12.0 Å². The number of hydrogen-bond donors (Lipinski definition) is 1. The zero-order valence-electron chi connectivity index (χ0n) is 12.1. The second kappa shape index (κ2) is 10.1. The van der Waals surface area contributed by atoms with Gasteiger partial charge >= 0.3 is 6.61 Å². The Kier molecular flexibility index (Phi) is 8.38. The van der Waals surface area contributed by atoms with Crippen LogP contribution in [0.25, 0.3) is 0 Å². The molecule has 0 aliphatic carbocycles. The number of alkyl halides is 2. The Balaban J connectivity index is 2.39. The minimum atomic E-state index is -2.87. The van der Waals surface area contributed by atoms with Crippen LogP contribution in [0.4, 0.5) is 8.78 Å². The van der Waals surface area contributed by atoms with E-state index in [1.54, 1.807) is 18.2 Å². The first-order valence-electron chi connectivity index (χ1n) is 6.68. The lowest BCUT2D eigenvalue weighted by Gasteiger charge is -2.12. The van der Waals surface area contributed by atoms with Crippen molar-refractivity contribution in [2.45, 2.75) is 19.6 Å². The second-order valence-electron chi connectivity index (χ2n) is 4.23. The summed E-state index contributed by atoms with van der Waals surface area (Å²) in [5.41, 5.74) is 0.831. The molecule has 21 heavy (non-hydrogen) atoms. The third-order valence-corrected chi connectivity index (χ3v) is 2.66. The van der Waals surface area contributed by atoms with Crippen molar-refractivity contribution >= 4 is 0 Å². The normalized spacial score (nSPS) is 10.7. The molecule has 118 valence electrons. The number of ether oxygens (including phenoxy) is 3. The summed E-state index contributed by atoms with van der Waals surface area (Å²) in [5.74, 6) is 0.320. The number of methoxy groups -OCH3 is 1. The third kappa shape index (κ3) is 7.06. The molecule has 1 rings (SSSR count). The molecule has 0 unspecified atom stereocenters. The highest BCUT2D eigenvalue weighted by molar-refractivity contribution is 5.42. The van der Waals surface area contributed by atoms with Crippen molar-refractivity contribution in [3.8, 4) is 11.5 Å². The fourth-order valence-corrected chi connectivity index (χ4v) is 1.66. The van der Waals surface area contributed by atoms with E-state index in [1.807, 2.05) is 0 Å². The highest BCUT2D eigenvalue weighted by atomic mass is 19.3. The van der Waals surface area contributed by atoms with Gasteiger partial charge in [0.25, 0.3) is 0 Å². The molecule has 0 saturated carbocycles. The molecule has 0 fully saturated rings. The smallest absolute Gasteiger partial charge is 0.387 e. The van der Waals surface area contributed by atoms with Crippen LogP contribution in [-0.2, 0) is 11.3 Å². The first-order valence-corrected chi connectivity index (χ1v) is 6.68. The number of hydrogen-bond acceptors (Lipinski definition) is 4. The van der Waals surface area contributed by atoms with E-state index in [4.69, 9.17) is 9.47 Å². The van der Waals surface area contributed by atoms with Gasteiger partial charge in [0.15, 0.2) is 11.5 Å². The Hall–Kier alpha value is -1.66. The van der Waals surface area contributed by atoms with Crippen LogP contribution in [0, 0.1) is 0 Å². The summed E-state index contributed by atoms with van der Waals surface area (Å²) >= 11 is 0. The quantitative estimate of drug-likeness (QED) is 0.504. The molecule has 0 atom stereocenters. The molecule has 0 aliphatic heterocycles. The second-order valence-corrected chi connectivity index (χ2v) is 4.23. The lowest BCUT2D eigenvalue weighted by Crippen LogP contribution is -2.19. The van der Waals surface area contributed by atoms with Gasteiger partial charge in [0.05, 0.1) is 20.3 Å². The first-order chi connectivity index (χ1) is 10.2. The number of nitrogens with one attached hydrogen (secondary N) is 1. The molecule has 1 aromatic rings. The fourth-order valence-electron chi connectivity index (χ4n) is 1.66. The monoisotopic (exact) mass is 301 g/mol. The maximum atomic E-state index is 12.3. The molecule has 0 radical (unpaired) electrons. The lowest BCUT2D eigenvalue weighted by atomic mass is 10.2. The number of benzene rings is 1. The highest BCUT2D eigenvalue weighted by Gasteiger charge is 2.11. The van der Waals surface area contributed by atoms with Crippen LogP contribution in [0.3, 0.4) is 0 Å². The SMILES string of the molecule is C=CCCOCCNCc1ccc(OC)c(OC(F)F)c1. The van der Waals surface area contributed by atoms with E-state index in [0.717, 1.165) is 12.0 Å². The maximum absolute atomic E-state index is 12.3. The maximum Gasteiger partial charge on any atom is 0.387 e. The van der Waals surface area contributed by atoms with Crippen molar-refractivity contribution in [3.05, 3.63) is 36.4 Å². The zero-order valence-corrected chi connectivity index (χ0v) is 12.1. The van der Waals surface area contributed by atoms with E-state index in [0.29, 0.717) is 26.3 Å². The summed E-state index contributed by atoms with van der Waals surface area (Å²) in [5, 5.41) is 3.16. The molecule has 0 amide bonds. The average molecular weight is 301 g/mol. The van der Waals surface area contributed by atoms with Gasteiger partial charge in [-0.15, -0.1) is 6.58 Å². The molecule has 1 aromatic carbocycles. The van der Waals surface area contributed by atoms with Crippen molar-refractivity contribution in [2.24, 2.45) is 0 Å². The molecule has 0 bridgehead atoms. The van der Waals surface area contributed by atoms with Gasteiger partial charge in [-0.05, 0) is 24.1 Å². The molecular weight excluding hydrogens is 280 g/mol.